The molecule has 1 saturated heterocycles. The topological polar surface area (TPSA) is 49.9 Å². The first-order valence-electron chi connectivity index (χ1n) is 9.47. The number of Topliss-reactive ketones (excluding diaryl/α,β-unsaturated/α-hetero) is 1. The van der Waals surface area contributed by atoms with E-state index >= 15 is 0 Å². The molecule has 0 radical (unpaired) electrons. The number of hydrogen-bond donors (Lipinski definition) is 0. The molecule has 1 amide bonds. The number of rotatable bonds is 14. The summed E-state index contributed by atoms with van der Waals surface area (Å²) in [5, 5.41) is 0. The monoisotopic (exact) mass is 325 g/mol. The Bertz CT molecular complexity index is 355. The van der Waals surface area contributed by atoms with Crippen molar-refractivity contribution in [3.8, 4) is 0 Å². The van der Waals surface area contributed by atoms with Gasteiger partial charge in [-0.15, -0.1) is 0 Å². The highest BCUT2D eigenvalue weighted by atomic mass is 16.6. The summed E-state index contributed by atoms with van der Waals surface area (Å²) in [5.41, 5.74) is 0. The van der Waals surface area contributed by atoms with E-state index in [1.165, 1.54) is 62.7 Å². The van der Waals surface area contributed by atoms with Gasteiger partial charge in [0.25, 0.3) is 5.91 Å². The number of epoxide rings is 1. The van der Waals surface area contributed by atoms with Crippen LogP contribution in [0.3, 0.4) is 0 Å². The maximum Gasteiger partial charge on any atom is 0.254 e. The van der Waals surface area contributed by atoms with E-state index in [1.54, 1.807) is 14.1 Å². The number of carbonyl (C=O) groups excluding carboxylic acids is 2. The molecule has 0 aliphatic carbocycles. The molecule has 1 aliphatic heterocycles. The normalized spacial score (nSPS) is 19.6. The third-order valence-corrected chi connectivity index (χ3v) is 4.52. The van der Waals surface area contributed by atoms with Gasteiger partial charge in [-0.05, 0) is 6.42 Å². The van der Waals surface area contributed by atoms with Crippen molar-refractivity contribution in [2.24, 2.45) is 0 Å². The summed E-state index contributed by atoms with van der Waals surface area (Å²) in [6.07, 6.45) is 13.6. The molecule has 134 valence electrons. The zero-order valence-corrected chi connectivity index (χ0v) is 15.3. The molecule has 2 unspecified atom stereocenters. The van der Waals surface area contributed by atoms with Gasteiger partial charge in [-0.2, -0.15) is 0 Å². The molecule has 0 aromatic rings. The molecule has 1 rings (SSSR count). The molecular weight excluding hydrogens is 290 g/mol. The largest absolute Gasteiger partial charge is 0.351 e. The number of carbonyl (C=O) groups is 2. The van der Waals surface area contributed by atoms with Crippen molar-refractivity contribution in [2.45, 2.75) is 96.2 Å². The number of unbranched alkanes of at least 4 members (excludes halogenated alkanes) is 10. The number of amides is 1. The second-order valence-corrected chi connectivity index (χ2v) is 6.96. The lowest BCUT2D eigenvalue weighted by molar-refractivity contribution is -0.130. The highest BCUT2D eigenvalue weighted by molar-refractivity contribution is 5.95. The third-order valence-electron chi connectivity index (χ3n) is 4.52. The Morgan fingerprint density at radius 2 is 1.26 bits per heavy atom. The molecule has 0 N–H and O–H groups in total. The van der Waals surface area contributed by atoms with E-state index in [9.17, 15) is 9.59 Å². The standard InChI is InChI=1S/C19H35NO3/c1-4-5-6-7-8-9-10-11-12-13-14-15-16(21)17-18(23-17)19(22)20(2)3/h17-18H,4-15H2,1-3H3. The summed E-state index contributed by atoms with van der Waals surface area (Å²) in [6.45, 7) is 2.25. The van der Waals surface area contributed by atoms with Gasteiger partial charge >= 0.3 is 0 Å². The Labute approximate surface area is 141 Å². The van der Waals surface area contributed by atoms with Gasteiger partial charge in [-0.3, -0.25) is 9.59 Å². The van der Waals surface area contributed by atoms with Crippen LogP contribution in [0.1, 0.15) is 84.0 Å². The van der Waals surface area contributed by atoms with E-state index in [4.69, 9.17) is 4.74 Å². The second kappa shape index (κ2) is 11.6. The molecule has 1 fully saturated rings. The molecule has 0 spiro atoms. The van der Waals surface area contributed by atoms with Gasteiger partial charge < -0.3 is 9.64 Å². The minimum absolute atomic E-state index is 0.0951. The summed E-state index contributed by atoms with van der Waals surface area (Å²) in [7, 11) is 3.38. The number of likely N-dealkylation sites (N-methyl/N-ethyl adjacent to an activating group) is 1. The Balaban J connectivity index is 1.88. The van der Waals surface area contributed by atoms with Crippen molar-refractivity contribution < 1.29 is 14.3 Å². The van der Waals surface area contributed by atoms with E-state index in [0.29, 0.717) is 6.42 Å². The molecule has 0 saturated carbocycles. The fraction of sp³-hybridized carbons (Fsp3) is 0.895. The Kier molecular flexibility index (Phi) is 10.2. The molecular formula is C19H35NO3. The van der Waals surface area contributed by atoms with Crippen molar-refractivity contribution in [2.75, 3.05) is 14.1 Å². The number of nitrogens with zero attached hydrogens (tertiary/aromatic N) is 1. The average Bonchev–Trinajstić information content (AvgIpc) is 3.32. The van der Waals surface area contributed by atoms with Crippen LogP contribution < -0.4 is 0 Å². The fourth-order valence-corrected chi connectivity index (χ4v) is 2.91. The predicted molar refractivity (Wildman–Crippen MR) is 93.4 cm³/mol. The lowest BCUT2D eigenvalue weighted by Gasteiger charge is -2.06. The molecule has 1 heterocycles. The first kappa shape index (κ1) is 20.1. The lowest BCUT2D eigenvalue weighted by Crippen LogP contribution is -2.29. The first-order valence-corrected chi connectivity index (χ1v) is 9.47. The van der Waals surface area contributed by atoms with Crippen LogP contribution in [-0.4, -0.2) is 42.9 Å². The van der Waals surface area contributed by atoms with Crippen molar-refractivity contribution in [1.29, 1.82) is 0 Å². The molecule has 4 heteroatoms. The van der Waals surface area contributed by atoms with Crippen molar-refractivity contribution in [1.82, 2.24) is 4.90 Å². The van der Waals surface area contributed by atoms with E-state index in [-0.39, 0.29) is 11.7 Å². The van der Waals surface area contributed by atoms with Gasteiger partial charge in [0.05, 0.1) is 0 Å². The zero-order valence-electron chi connectivity index (χ0n) is 15.3. The van der Waals surface area contributed by atoms with Crippen molar-refractivity contribution >= 4 is 11.7 Å². The van der Waals surface area contributed by atoms with Crippen LogP contribution in [0.5, 0.6) is 0 Å². The van der Waals surface area contributed by atoms with Crippen LogP contribution in [0.25, 0.3) is 0 Å². The van der Waals surface area contributed by atoms with Gasteiger partial charge in [-0.25, -0.2) is 0 Å². The van der Waals surface area contributed by atoms with Gasteiger partial charge in [0.2, 0.25) is 0 Å². The van der Waals surface area contributed by atoms with Crippen LogP contribution in [0, 0.1) is 0 Å². The Morgan fingerprint density at radius 1 is 0.783 bits per heavy atom. The molecule has 23 heavy (non-hydrogen) atoms. The number of hydrogen-bond acceptors (Lipinski definition) is 3. The summed E-state index contributed by atoms with van der Waals surface area (Å²) in [4.78, 5) is 25.0. The van der Waals surface area contributed by atoms with Gasteiger partial charge in [0.1, 0.15) is 0 Å². The highest BCUT2D eigenvalue weighted by Crippen LogP contribution is 2.26. The smallest absolute Gasteiger partial charge is 0.254 e. The predicted octanol–water partition coefficient (Wildman–Crippen LogP) is 4.11. The van der Waals surface area contributed by atoms with E-state index in [2.05, 4.69) is 6.92 Å². The van der Waals surface area contributed by atoms with Crippen LogP contribution >= 0.6 is 0 Å². The van der Waals surface area contributed by atoms with Crippen LogP contribution in [0.2, 0.25) is 0 Å². The molecule has 2 atom stereocenters. The van der Waals surface area contributed by atoms with Crippen molar-refractivity contribution in [3.05, 3.63) is 0 Å². The fourth-order valence-electron chi connectivity index (χ4n) is 2.91. The second-order valence-electron chi connectivity index (χ2n) is 6.96. The van der Waals surface area contributed by atoms with Crippen LogP contribution in [0.4, 0.5) is 0 Å². The third kappa shape index (κ3) is 8.50. The minimum Gasteiger partial charge on any atom is -0.351 e. The van der Waals surface area contributed by atoms with Crippen molar-refractivity contribution in [3.63, 3.8) is 0 Å². The summed E-state index contributed by atoms with van der Waals surface area (Å²) >= 11 is 0. The quantitative estimate of drug-likeness (QED) is 0.357. The molecule has 0 aromatic heterocycles. The van der Waals surface area contributed by atoms with Crippen LogP contribution in [0.15, 0.2) is 0 Å². The average molecular weight is 325 g/mol. The Morgan fingerprint density at radius 3 is 1.74 bits per heavy atom. The SMILES string of the molecule is CCCCCCCCCCCCCC(=O)C1OC1C(=O)N(C)C. The lowest BCUT2D eigenvalue weighted by atomic mass is 10.0. The van der Waals surface area contributed by atoms with Gasteiger partial charge in [0, 0.05) is 20.5 Å². The maximum atomic E-state index is 11.9. The number of ether oxygens (including phenoxy) is 1. The summed E-state index contributed by atoms with van der Waals surface area (Å²) in [6, 6.07) is 0. The number of ketones is 1. The minimum atomic E-state index is -0.509. The van der Waals surface area contributed by atoms with E-state index in [0.717, 1.165) is 12.8 Å². The maximum absolute atomic E-state index is 11.9. The van der Waals surface area contributed by atoms with E-state index in [1.807, 2.05) is 0 Å². The summed E-state index contributed by atoms with van der Waals surface area (Å²) < 4.78 is 5.21. The summed E-state index contributed by atoms with van der Waals surface area (Å²) in [5.74, 6) is 0.00316. The Hall–Kier alpha value is -0.900. The van der Waals surface area contributed by atoms with Gasteiger partial charge in [0.15, 0.2) is 18.0 Å². The van der Waals surface area contributed by atoms with Crippen LogP contribution in [-0.2, 0) is 14.3 Å². The van der Waals surface area contributed by atoms with Gasteiger partial charge in [-0.1, -0.05) is 71.1 Å². The molecule has 0 aromatic carbocycles. The molecule has 1 aliphatic rings. The molecule has 4 nitrogen and oxygen atoms in total. The molecule has 0 bridgehead atoms. The highest BCUT2D eigenvalue weighted by Gasteiger charge is 2.49. The zero-order chi connectivity index (χ0) is 17.1. The first-order chi connectivity index (χ1) is 11.1. The van der Waals surface area contributed by atoms with E-state index < -0.39 is 12.2 Å².